The van der Waals surface area contributed by atoms with E-state index in [1.54, 1.807) is 32.9 Å². The van der Waals surface area contributed by atoms with Crippen LogP contribution in [0.3, 0.4) is 0 Å². The fraction of sp³-hybridized carbons (Fsp3) is 0.533. The monoisotopic (exact) mass is 298 g/mol. The Morgan fingerprint density at radius 3 is 2.25 bits per heavy atom. The number of aliphatic carboxylic acids is 1. The molecule has 0 aliphatic rings. The van der Waals surface area contributed by atoms with Crippen LogP contribution < -0.4 is 0 Å². The summed E-state index contributed by atoms with van der Waals surface area (Å²) in [4.78, 5) is 11.4. The number of benzene rings is 1. The predicted molar refractivity (Wildman–Crippen MR) is 79.7 cm³/mol. The zero-order valence-electron chi connectivity index (χ0n) is 12.4. The Bertz CT molecular complexity index is 582. The van der Waals surface area contributed by atoms with E-state index in [0.717, 1.165) is 5.56 Å². The van der Waals surface area contributed by atoms with Crippen molar-refractivity contribution in [3.8, 4) is 0 Å². The van der Waals surface area contributed by atoms with Gasteiger partial charge in [0.15, 0.2) is 9.84 Å². The molecule has 1 atom stereocenters. The molecule has 1 rings (SSSR count). The lowest BCUT2D eigenvalue weighted by Crippen LogP contribution is -2.31. The maximum absolute atomic E-state index is 12.1. The molecule has 112 valence electrons. The minimum absolute atomic E-state index is 0.0970. The van der Waals surface area contributed by atoms with Crippen molar-refractivity contribution < 1.29 is 18.3 Å². The van der Waals surface area contributed by atoms with Crippen LogP contribution >= 0.6 is 0 Å². The smallest absolute Gasteiger partial charge is 0.311 e. The van der Waals surface area contributed by atoms with E-state index in [1.807, 2.05) is 19.1 Å². The molecule has 0 heterocycles. The Labute approximate surface area is 120 Å². The van der Waals surface area contributed by atoms with Crippen LogP contribution in [-0.4, -0.2) is 30.0 Å². The third-order valence-corrected chi connectivity index (χ3v) is 6.11. The number of carboxylic acid groups (broad SMARTS) is 1. The number of sulfone groups is 1. The molecular formula is C15H22O4S. The first-order chi connectivity index (χ1) is 9.06. The average Bonchev–Trinajstić information content (AvgIpc) is 2.29. The summed E-state index contributed by atoms with van der Waals surface area (Å²) < 4.78 is 23.3. The highest BCUT2D eigenvalue weighted by Crippen LogP contribution is 2.26. The standard InChI is InChI=1S/C15H22O4S/c1-11-7-5-6-8-12(11)13(14(16)17)9-10-20(18,19)15(2,3)4/h5-8,13H,9-10H2,1-4H3,(H,16,17). The van der Waals surface area contributed by atoms with Crippen molar-refractivity contribution >= 4 is 15.8 Å². The van der Waals surface area contributed by atoms with Gasteiger partial charge in [-0.25, -0.2) is 8.42 Å². The fourth-order valence-electron chi connectivity index (χ4n) is 1.97. The van der Waals surface area contributed by atoms with Crippen LogP contribution in [0.25, 0.3) is 0 Å². The van der Waals surface area contributed by atoms with Gasteiger partial charge in [0.25, 0.3) is 0 Å². The van der Waals surface area contributed by atoms with Gasteiger partial charge in [-0.3, -0.25) is 4.79 Å². The van der Waals surface area contributed by atoms with E-state index in [9.17, 15) is 18.3 Å². The number of carboxylic acids is 1. The van der Waals surface area contributed by atoms with Crippen LogP contribution in [-0.2, 0) is 14.6 Å². The summed E-state index contributed by atoms with van der Waals surface area (Å²) in [5.41, 5.74) is 1.55. The summed E-state index contributed by atoms with van der Waals surface area (Å²) in [7, 11) is -3.31. The van der Waals surface area contributed by atoms with Gasteiger partial charge in [0, 0.05) is 0 Å². The molecule has 0 saturated carbocycles. The van der Waals surface area contributed by atoms with Crippen molar-refractivity contribution in [2.45, 2.75) is 44.8 Å². The topological polar surface area (TPSA) is 71.4 Å². The normalized spacial score (nSPS) is 14.0. The second-order valence-electron chi connectivity index (χ2n) is 5.97. The third kappa shape index (κ3) is 3.82. The molecule has 0 aromatic heterocycles. The highest BCUT2D eigenvalue weighted by Gasteiger charge is 2.31. The SMILES string of the molecule is Cc1ccccc1C(CCS(=O)(=O)C(C)(C)C)C(=O)O. The highest BCUT2D eigenvalue weighted by molar-refractivity contribution is 7.92. The van der Waals surface area contributed by atoms with Gasteiger partial charge in [-0.05, 0) is 45.2 Å². The molecule has 0 amide bonds. The van der Waals surface area contributed by atoms with Crippen molar-refractivity contribution in [1.29, 1.82) is 0 Å². The van der Waals surface area contributed by atoms with Gasteiger partial charge in [0.05, 0.1) is 16.4 Å². The van der Waals surface area contributed by atoms with E-state index in [4.69, 9.17) is 0 Å². The molecule has 1 aromatic carbocycles. The van der Waals surface area contributed by atoms with Crippen molar-refractivity contribution in [2.75, 3.05) is 5.75 Å². The quantitative estimate of drug-likeness (QED) is 0.907. The van der Waals surface area contributed by atoms with Crippen molar-refractivity contribution in [3.63, 3.8) is 0 Å². The second-order valence-corrected chi connectivity index (χ2v) is 8.83. The Kier molecular flexibility index (Phi) is 4.97. The van der Waals surface area contributed by atoms with Crippen molar-refractivity contribution in [1.82, 2.24) is 0 Å². The maximum Gasteiger partial charge on any atom is 0.311 e. The van der Waals surface area contributed by atoms with Crippen LogP contribution in [0.15, 0.2) is 24.3 Å². The van der Waals surface area contributed by atoms with E-state index in [-0.39, 0.29) is 12.2 Å². The Morgan fingerprint density at radius 1 is 1.25 bits per heavy atom. The van der Waals surface area contributed by atoms with E-state index < -0.39 is 26.5 Å². The van der Waals surface area contributed by atoms with Crippen LogP contribution in [0.5, 0.6) is 0 Å². The number of aryl methyl sites for hydroxylation is 1. The molecule has 0 aliphatic carbocycles. The number of hydrogen-bond donors (Lipinski definition) is 1. The van der Waals surface area contributed by atoms with Gasteiger partial charge < -0.3 is 5.11 Å². The minimum atomic E-state index is -3.31. The highest BCUT2D eigenvalue weighted by atomic mass is 32.2. The van der Waals surface area contributed by atoms with Gasteiger partial charge >= 0.3 is 5.97 Å². The summed E-state index contributed by atoms with van der Waals surface area (Å²) in [5.74, 6) is -1.89. The number of rotatable bonds is 5. The van der Waals surface area contributed by atoms with Gasteiger partial charge in [-0.15, -0.1) is 0 Å². The zero-order valence-corrected chi connectivity index (χ0v) is 13.2. The van der Waals surface area contributed by atoms with Gasteiger partial charge in [-0.2, -0.15) is 0 Å². The van der Waals surface area contributed by atoms with Crippen LogP contribution in [0, 0.1) is 6.92 Å². The molecule has 0 radical (unpaired) electrons. The van der Waals surface area contributed by atoms with E-state index >= 15 is 0 Å². The predicted octanol–water partition coefficient (Wildman–Crippen LogP) is 2.77. The Hall–Kier alpha value is -1.36. The molecule has 0 saturated heterocycles. The molecule has 1 aromatic rings. The molecule has 1 N–H and O–H groups in total. The fourth-order valence-corrected chi connectivity index (χ4v) is 3.13. The minimum Gasteiger partial charge on any atom is -0.481 e. The first-order valence-corrected chi connectivity index (χ1v) is 8.22. The summed E-state index contributed by atoms with van der Waals surface area (Å²) in [6, 6.07) is 7.20. The molecule has 0 spiro atoms. The van der Waals surface area contributed by atoms with E-state index in [1.165, 1.54) is 0 Å². The Balaban J connectivity index is 2.98. The second kappa shape index (κ2) is 5.95. The summed E-state index contributed by atoms with van der Waals surface area (Å²) in [5, 5.41) is 9.36. The summed E-state index contributed by atoms with van der Waals surface area (Å²) in [6.45, 7) is 6.73. The largest absolute Gasteiger partial charge is 0.481 e. The molecule has 0 aliphatic heterocycles. The molecule has 1 unspecified atom stereocenters. The van der Waals surface area contributed by atoms with Gasteiger partial charge in [0.2, 0.25) is 0 Å². The van der Waals surface area contributed by atoms with Crippen LogP contribution in [0.2, 0.25) is 0 Å². The molecular weight excluding hydrogens is 276 g/mol. The van der Waals surface area contributed by atoms with Gasteiger partial charge in [0.1, 0.15) is 0 Å². The number of hydrogen-bond acceptors (Lipinski definition) is 3. The zero-order chi connectivity index (χ0) is 15.6. The van der Waals surface area contributed by atoms with Crippen LogP contribution in [0.4, 0.5) is 0 Å². The number of carbonyl (C=O) groups is 1. The lowest BCUT2D eigenvalue weighted by molar-refractivity contribution is -0.138. The third-order valence-electron chi connectivity index (χ3n) is 3.47. The summed E-state index contributed by atoms with van der Waals surface area (Å²) >= 11 is 0. The average molecular weight is 298 g/mol. The molecule has 0 bridgehead atoms. The van der Waals surface area contributed by atoms with E-state index in [0.29, 0.717) is 5.56 Å². The van der Waals surface area contributed by atoms with Crippen LogP contribution in [0.1, 0.15) is 44.2 Å². The maximum atomic E-state index is 12.1. The molecule has 4 nitrogen and oxygen atoms in total. The van der Waals surface area contributed by atoms with E-state index in [2.05, 4.69) is 0 Å². The van der Waals surface area contributed by atoms with Crippen molar-refractivity contribution in [2.24, 2.45) is 0 Å². The van der Waals surface area contributed by atoms with Crippen molar-refractivity contribution in [3.05, 3.63) is 35.4 Å². The first kappa shape index (κ1) is 16.7. The Morgan fingerprint density at radius 2 is 1.80 bits per heavy atom. The molecule has 20 heavy (non-hydrogen) atoms. The lowest BCUT2D eigenvalue weighted by Gasteiger charge is -2.21. The first-order valence-electron chi connectivity index (χ1n) is 6.57. The molecule has 0 fully saturated rings. The molecule has 5 heteroatoms. The summed E-state index contributed by atoms with van der Waals surface area (Å²) in [6.07, 6.45) is 0.0970. The van der Waals surface area contributed by atoms with Gasteiger partial charge in [-0.1, -0.05) is 24.3 Å². The lowest BCUT2D eigenvalue weighted by atomic mass is 9.93.